The van der Waals surface area contributed by atoms with Crippen molar-refractivity contribution in [2.75, 3.05) is 17.8 Å². The van der Waals surface area contributed by atoms with Crippen LogP contribution in [-0.4, -0.2) is 30.4 Å². The molecule has 0 amide bonds. The molecule has 3 nitrogen and oxygen atoms in total. The summed E-state index contributed by atoms with van der Waals surface area (Å²) in [6, 6.07) is 5.20. The quantitative estimate of drug-likeness (QED) is 0.800. The van der Waals surface area contributed by atoms with Gasteiger partial charge in [0.2, 0.25) is 0 Å². The Kier molecular flexibility index (Phi) is 3.98. The molecule has 0 bridgehead atoms. The molecule has 0 saturated carbocycles. The second-order valence-corrected chi connectivity index (χ2v) is 6.96. The van der Waals surface area contributed by atoms with Gasteiger partial charge in [-0.3, -0.25) is 4.21 Å². The zero-order chi connectivity index (χ0) is 11.5. The summed E-state index contributed by atoms with van der Waals surface area (Å²) in [6.07, 6.45) is 1.09. The van der Waals surface area contributed by atoms with Crippen molar-refractivity contribution in [2.24, 2.45) is 0 Å². The fourth-order valence-corrected chi connectivity index (χ4v) is 3.42. The third kappa shape index (κ3) is 4.53. The minimum Gasteiger partial charge on any atom is -0.254 e. The molecule has 1 aromatic rings. The van der Waals surface area contributed by atoms with Crippen LogP contribution >= 0.6 is 0 Å². The van der Waals surface area contributed by atoms with Gasteiger partial charge in [-0.05, 0) is 24.3 Å². The van der Waals surface area contributed by atoms with E-state index < -0.39 is 26.5 Å². The summed E-state index contributed by atoms with van der Waals surface area (Å²) in [6.45, 7) is 0. The predicted octanol–water partition coefficient (Wildman–Crippen LogP) is 0.978. The Bertz CT molecular complexity index is 451. The van der Waals surface area contributed by atoms with Crippen LogP contribution in [0.25, 0.3) is 0 Å². The summed E-state index contributed by atoms with van der Waals surface area (Å²) in [7, 11) is -4.49. The number of sulfone groups is 1. The molecule has 0 radical (unpaired) electrons. The average molecular weight is 250 g/mol. The van der Waals surface area contributed by atoms with E-state index in [-0.39, 0.29) is 11.5 Å². The molecule has 0 aromatic heterocycles. The highest BCUT2D eigenvalue weighted by molar-refractivity contribution is 7.92. The largest absolute Gasteiger partial charge is 0.254 e. The summed E-state index contributed by atoms with van der Waals surface area (Å²) >= 11 is 0. The Labute approximate surface area is 90.7 Å². The summed E-state index contributed by atoms with van der Waals surface area (Å²) in [5.74, 6) is -0.486. The zero-order valence-corrected chi connectivity index (χ0v) is 9.78. The fourth-order valence-electron chi connectivity index (χ4n) is 0.931. The summed E-state index contributed by atoms with van der Waals surface area (Å²) in [5, 5.41) is 0. The summed E-state index contributed by atoms with van der Waals surface area (Å²) in [5.41, 5.74) is 0. The van der Waals surface area contributed by atoms with Gasteiger partial charge in [0.15, 0.2) is 0 Å². The number of rotatable bonds is 4. The molecule has 1 unspecified atom stereocenters. The minimum absolute atomic E-state index is 0.0461. The first-order chi connectivity index (χ1) is 6.88. The van der Waals surface area contributed by atoms with Crippen molar-refractivity contribution in [3.8, 4) is 0 Å². The molecule has 0 N–H and O–H groups in total. The predicted molar refractivity (Wildman–Crippen MR) is 57.4 cm³/mol. The normalized spacial score (nSPS) is 13.7. The lowest BCUT2D eigenvalue weighted by atomic mass is 10.4. The van der Waals surface area contributed by atoms with Crippen molar-refractivity contribution in [1.29, 1.82) is 0 Å². The van der Waals surface area contributed by atoms with E-state index >= 15 is 0 Å². The van der Waals surface area contributed by atoms with Crippen molar-refractivity contribution >= 4 is 20.6 Å². The Morgan fingerprint density at radius 1 is 1.27 bits per heavy atom. The molecule has 0 heterocycles. The van der Waals surface area contributed by atoms with Gasteiger partial charge >= 0.3 is 0 Å². The van der Waals surface area contributed by atoms with E-state index in [2.05, 4.69) is 0 Å². The van der Waals surface area contributed by atoms with Gasteiger partial charge in [-0.2, -0.15) is 0 Å². The maximum Gasteiger partial charge on any atom is 0.148 e. The fraction of sp³-hybridized carbons (Fsp3) is 0.333. The highest BCUT2D eigenvalue weighted by Gasteiger charge is 2.08. The third-order valence-electron chi connectivity index (χ3n) is 1.72. The first-order valence-electron chi connectivity index (χ1n) is 4.20. The molecular formula is C9H11FO3S2. The first kappa shape index (κ1) is 12.3. The SMILES string of the molecule is CS(=O)(=O)CCS(=O)c1ccc(F)cc1. The molecule has 15 heavy (non-hydrogen) atoms. The second kappa shape index (κ2) is 4.85. The molecule has 0 saturated heterocycles. The van der Waals surface area contributed by atoms with E-state index in [0.29, 0.717) is 4.90 Å². The Morgan fingerprint density at radius 2 is 1.80 bits per heavy atom. The molecule has 1 aromatic carbocycles. The molecule has 0 fully saturated rings. The van der Waals surface area contributed by atoms with Gasteiger partial charge in [0.25, 0.3) is 0 Å². The molecule has 84 valence electrons. The topological polar surface area (TPSA) is 51.2 Å². The van der Waals surface area contributed by atoms with E-state index in [1.807, 2.05) is 0 Å². The lowest BCUT2D eigenvalue weighted by Gasteiger charge is -2.00. The van der Waals surface area contributed by atoms with E-state index in [1.165, 1.54) is 24.3 Å². The van der Waals surface area contributed by atoms with Crippen molar-refractivity contribution < 1.29 is 17.0 Å². The van der Waals surface area contributed by atoms with Crippen molar-refractivity contribution in [3.63, 3.8) is 0 Å². The lowest BCUT2D eigenvalue weighted by Crippen LogP contribution is -2.11. The van der Waals surface area contributed by atoms with Gasteiger partial charge in [-0.15, -0.1) is 0 Å². The van der Waals surface area contributed by atoms with Crippen LogP contribution in [0.2, 0.25) is 0 Å². The van der Waals surface area contributed by atoms with Gasteiger partial charge < -0.3 is 0 Å². The number of hydrogen-bond acceptors (Lipinski definition) is 3. The third-order valence-corrected chi connectivity index (χ3v) is 4.29. The van der Waals surface area contributed by atoms with Crippen LogP contribution in [0.3, 0.4) is 0 Å². The lowest BCUT2D eigenvalue weighted by molar-refractivity contribution is 0.602. The molecule has 1 atom stereocenters. The molecular weight excluding hydrogens is 239 g/mol. The maximum absolute atomic E-state index is 12.5. The van der Waals surface area contributed by atoms with Crippen LogP contribution in [0.4, 0.5) is 4.39 Å². The summed E-state index contributed by atoms with van der Waals surface area (Å²) in [4.78, 5) is 0.444. The maximum atomic E-state index is 12.5. The number of benzene rings is 1. The Balaban J connectivity index is 2.66. The average Bonchev–Trinajstić information content (AvgIpc) is 2.14. The molecule has 0 aliphatic rings. The second-order valence-electron chi connectivity index (χ2n) is 3.13. The first-order valence-corrected chi connectivity index (χ1v) is 7.58. The smallest absolute Gasteiger partial charge is 0.148 e. The van der Waals surface area contributed by atoms with Crippen LogP contribution in [0.1, 0.15) is 0 Å². The van der Waals surface area contributed by atoms with E-state index in [1.54, 1.807) is 0 Å². The Hall–Kier alpha value is -0.750. The van der Waals surface area contributed by atoms with Crippen LogP contribution in [0, 0.1) is 5.82 Å². The van der Waals surface area contributed by atoms with Gasteiger partial charge in [0.1, 0.15) is 15.7 Å². The van der Waals surface area contributed by atoms with Crippen LogP contribution in [-0.2, 0) is 20.6 Å². The molecule has 1 rings (SSSR count). The van der Waals surface area contributed by atoms with Crippen molar-refractivity contribution in [3.05, 3.63) is 30.1 Å². The van der Waals surface area contributed by atoms with E-state index in [9.17, 15) is 17.0 Å². The molecule has 0 spiro atoms. The van der Waals surface area contributed by atoms with Crippen molar-refractivity contribution in [1.82, 2.24) is 0 Å². The van der Waals surface area contributed by atoms with Gasteiger partial charge in [-0.25, -0.2) is 12.8 Å². The Morgan fingerprint density at radius 3 is 2.27 bits per heavy atom. The highest BCUT2D eigenvalue weighted by Crippen LogP contribution is 2.08. The standard InChI is InChI=1S/C9H11FO3S2/c1-15(12,13)7-6-14(11)9-4-2-8(10)3-5-9/h2-5H,6-7H2,1H3. The zero-order valence-electron chi connectivity index (χ0n) is 8.14. The summed E-state index contributed by atoms with van der Waals surface area (Å²) < 4.78 is 45.7. The van der Waals surface area contributed by atoms with Crippen LogP contribution < -0.4 is 0 Å². The number of halogens is 1. The molecule has 0 aliphatic carbocycles. The van der Waals surface area contributed by atoms with Crippen LogP contribution in [0.15, 0.2) is 29.2 Å². The van der Waals surface area contributed by atoms with Crippen LogP contribution in [0.5, 0.6) is 0 Å². The molecule has 6 heteroatoms. The van der Waals surface area contributed by atoms with Gasteiger partial charge in [-0.1, -0.05) is 0 Å². The molecule has 0 aliphatic heterocycles. The van der Waals surface area contributed by atoms with Crippen molar-refractivity contribution in [2.45, 2.75) is 4.90 Å². The number of hydrogen-bond donors (Lipinski definition) is 0. The minimum atomic E-state index is -3.10. The monoisotopic (exact) mass is 250 g/mol. The van der Waals surface area contributed by atoms with Gasteiger partial charge in [0, 0.05) is 16.9 Å². The van der Waals surface area contributed by atoms with E-state index in [0.717, 1.165) is 6.26 Å². The highest BCUT2D eigenvalue weighted by atomic mass is 32.2. The van der Waals surface area contributed by atoms with E-state index in [4.69, 9.17) is 0 Å². The van der Waals surface area contributed by atoms with Gasteiger partial charge in [0.05, 0.1) is 16.6 Å².